The van der Waals surface area contributed by atoms with Crippen molar-refractivity contribution in [2.45, 2.75) is 31.9 Å². The van der Waals surface area contributed by atoms with E-state index in [-0.39, 0.29) is 24.0 Å². The number of rotatable bonds is 8. The maximum Gasteiger partial charge on any atom is 0.193 e. The van der Waals surface area contributed by atoms with E-state index in [2.05, 4.69) is 15.2 Å². The molecule has 0 atom stereocenters. The molecule has 0 amide bonds. The second kappa shape index (κ2) is 13.4. The van der Waals surface area contributed by atoms with Crippen LogP contribution in [0.15, 0.2) is 23.2 Å². The molecule has 1 saturated heterocycles. The molecule has 27 heavy (non-hydrogen) atoms. The van der Waals surface area contributed by atoms with Gasteiger partial charge in [0.1, 0.15) is 5.75 Å². The van der Waals surface area contributed by atoms with Crippen LogP contribution in [-0.2, 0) is 16.0 Å². The Morgan fingerprint density at radius 1 is 1.26 bits per heavy atom. The second-order valence-corrected chi connectivity index (χ2v) is 6.70. The number of methoxy groups -OCH3 is 2. The van der Waals surface area contributed by atoms with Crippen LogP contribution in [-0.4, -0.2) is 64.5 Å². The lowest BCUT2D eigenvalue weighted by Gasteiger charge is -2.34. The van der Waals surface area contributed by atoms with Crippen LogP contribution < -0.4 is 10.1 Å². The van der Waals surface area contributed by atoms with E-state index in [1.165, 1.54) is 0 Å². The Morgan fingerprint density at radius 2 is 2.00 bits per heavy atom. The van der Waals surface area contributed by atoms with Crippen molar-refractivity contribution >= 4 is 41.5 Å². The molecule has 6 nitrogen and oxygen atoms in total. The molecule has 0 unspecified atom stereocenters. The molecule has 1 N–H and O–H groups in total. The minimum Gasteiger partial charge on any atom is -0.496 e. The number of nitrogens with zero attached hydrogens (tertiary/aromatic N) is 2. The lowest BCUT2D eigenvalue weighted by atomic mass is 10.1. The van der Waals surface area contributed by atoms with Gasteiger partial charge >= 0.3 is 0 Å². The zero-order valence-electron chi connectivity index (χ0n) is 16.4. The van der Waals surface area contributed by atoms with Crippen molar-refractivity contribution in [3.05, 3.63) is 28.8 Å². The fourth-order valence-corrected chi connectivity index (χ4v) is 3.22. The minimum absolute atomic E-state index is 0. The van der Waals surface area contributed by atoms with E-state index < -0.39 is 0 Å². The summed E-state index contributed by atoms with van der Waals surface area (Å²) >= 11 is 6.02. The zero-order chi connectivity index (χ0) is 18.8. The largest absolute Gasteiger partial charge is 0.496 e. The summed E-state index contributed by atoms with van der Waals surface area (Å²) in [6.07, 6.45) is 3.30. The Morgan fingerprint density at radius 3 is 2.63 bits per heavy atom. The van der Waals surface area contributed by atoms with Crippen molar-refractivity contribution in [3.63, 3.8) is 0 Å². The summed E-state index contributed by atoms with van der Waals surface area (Å²) in [6.45, 7) is 4.03. The third-order valence-corrected chi connectivity index (χ3v) is 4.72. The highest BCUT2D eigenvalue weighted by Gasteiger charge is 2.22. The van der Waals surface area contributed by atoms with E-state index in [0.717, 1.165) is 62.8 Å². The Labute approximate surface area is 184 Å². The Kier molecular flexibility index (Phi) is 12.1. The van der Waals surface area contributed by atoms with Crippen molar-refractivity contribution in [1.82, 2.24) is 10.2 Å². The van der Waals surface area contributed by atoms with Gasteiger partial charge in [0.25, 0.3) is 0 Å². The number of benzene rings is 1. The van der Waals surface area contributed by atoms with Gasteiger partial charge in [-0.25, -0.2) is 0 Å². The van der Waals surface area contributed by atoms with E-state index in [0.29, 0.717) is 17.7 Å². The summed E-state index contributed by atoms with van der Waals surface area (Å²) in [5, 5.41) is 4.09. The highest BCUT2D eigenvalue weighted by molar-refractivity contribution is 14.0. The van der Waals surface area contributed by atoms with E-state index in [1.54, 1.807) is 14.2 Å². The van der Waals surface area contributed by atoms with Crippen LogP contribution in [0.5, 0.6) is 5.75 Å². The highest BCUT2D eigenvalue weighted by Crippen LogP contribution is 2.23. The molecule has 1 heterocycles. The first kappa shape index (κ1) is 24.3. The second-order valence-electron chi connectivity index (χ2n) is 6.26. The predicted molar refractivity (Wildman–Crippen MR) is 121 cm³/mol. The van der Waals surface area contributed by atoms with Gasteiger partial charge < -0.3 is 24.4 Å². The molecule has 0 spiro atoms. The molecule has 154 valence electrons. The number of aliphatic imine (C=N–C) groups is 1. The molecule has 1 fully saturated rings. The van der Waals surface area contributed by atoms with Crippen LogP contribution in [0.2, 0.25) is 5.02 Å². The summed E-state index contributed by atoms with van der Waals surface area (Å²) < 4.78 is 16.4. The normalized spacial score (nSPS) is 15.4. The van der Waals surface area contributed by atoms with Gasteiger partial charge in [0.15, 0.2) is 5.96 Å². The van der Waals surface area contributed by atoms with Crippen LogP contribution in [0, 0.1) is 0 Å². The molecule has 1 aromatic carbocycles. The molecule has 0 aliphatic carbocycles. The standard InChI is InChI=1S/C19H30ClN3O3.HI/c1-21-19(22-14-15-5-6-16(20)13-18(15)25-3)23-9-7-17(8-10-23)26-12-4-11-24-2;/h5-6,13,17H,4,7-12,14H2,1-3H3,(H,21,22);1H. The zero-order valence-corrected chi connectivity index (χ0v) is 19.5. The Hall–Kier alpha value is -0.770. The average molecular weight is 512 g/mol. The van der Waals surface area contributed by atoms with Crippen LogP contribution in [0.4, 0.5) is 0 Å². The third kappa shape index (κ3) is 8.01. The fraction of sp³-hybridized carbons (Fsp3) is 0.632. The number of piperidine rings is 1. The van der Waals surface area contributed by atoms with Gasteiger partial charge in [0.2, 0.25) is 0 Å². The maximum absolute atomic E-state index is 6.02. The lowest BCUT2D eigenvalue weighted by Crippen LogP contribution is -2.46. The number of halogens is 2. The summed E-state index contributed by atoms with van der Waals surface area (Å²) in [7, 11) is 5.19. The number of likely N-dealkylation sites (tertiary alicyclic amines) is 1. The van der Waals surface area contributed by atoms with Crippen molar-refractivity contribution in [2.75, 3.05) is 47.6 Å². The first-order valence-electron chi connectivity index (χ1n) is 9.06. The number of hydrogen-bond acceptors (Lipinski definition) is 4. The third-order valence-electron chi connectivity index (χ3n) is 4.49. The topological polar surface area (TPSA) is 55.3 Å². The SMILES string of the molecule is CN=C(NCc1ccc(Cl)cc1OC)N1CCC(OCCCOC)CC1.I. The number of hydrogen-bond donors (Lipinski definition) is 1. The molecular formula is C19H31ClIN3O3. The van der Waals surface area contributed by atoms with Crippen LogP contribution in [0.1, 0.15) is 24.8 Å². The fourth-order valence-electron chi connectivity index (χ4n) is 3.06. The van der Waals surface area contributed by atoms with E-state index >= 15 is 0 Å². The predicted octanol–water partition coefficient (Wildman–Crippen LogP) is 3.56. The van der Waals surface area contributed by atoms with Crippen LogP contribution >= 0.6 is 35.6 Å². The van der Waals surface area contributed by atoms with E-state index in [4.69, 9.17) is 25.8 Å². The van der Waals surface area contributed by atoms with Gasteiger partial charge in [-0.1, -0.05) is 17.7 Å². The highest BCUT2D eigenvalue weighted by atomic mass is 127. The molecule has 1 aliphatic rings. The van der Waals surface area contributed by atoms with Gasteiger partial charge in [0.05, 0.1) is 13.2 Å². The first-order chi connectivity index (χ1) is 12.7. The quantitative estimate of drug-likeness (QED) is 0.250. The average Bonchev–Trinajstić information content (AvgIpc) is 2.67. The Balaban J connectivity index is 0.00000364. The van der Waals surface area contributed by atoms with Crippen LogP contribution in [0.25, 0.3) is 0 Å². The maximum atomic E-state index is 6.02. The molecule has 8 heteroatoms. The van der Waals surface area contributed by atoms with Crippen molar-refractivity contribution in [1.29, 1.82) is 0 Å². The van der Waals surface area contributed by atoms with Gasteiger partial charge in [0, 0.05) is 57.6 Å². The molecule has 0 radical (unpaired) electrons. The summed E-state index contributed by atoms with van der Waals surface area (Å²) in [5.74, 6) is 1.68. The van der Waals surface area contributed by atoms with Crippen molar-refractivity contribution in [3.8, 4) is 5.75 Å². The summed E-state index contributed by atoms with van der Waals surface area (Å²) in [5.41, 5.74) is 1.05. The van der Waals surface area contributed by atoms with Gasteiger partial charge in [-0.15, -0.1) is 24.0 Å². The lowest BCUT2D eigenvalue weighted by molar-refractivity contribution is 0.00989. The number of ether oxygens (including phenoxy) is 3. The van der Waals surface area contributed by atoms with Crippen molar-refractivity contribution < 1.29 is 14.2 Å². The van der Waals surface area contributed by atoms with Gasteiger partial charge in [-0.05, 0) is 31.4 Å². The molecular weight excluding hydrogens is 481 g/mol. The van der Waals surface area contributed by atoms with E-state index in [9.17, 15) is 0 Å². The summed E-state index contributed by atoms with van der Waals surface area (Å²) in [6, 6.07) is 5.67. The smallest absolute Gasteiger partial charge is 0.193 e. The monoisotopic (exact) mass is 511 g/mol. The molecule has 1 aromatic rings. The number of nitrogens with one attached hydrogen (secondary N) is 1. The van der Waals surface area contributed by atoms with Crippen LogP contribution in [0.3, 0.4) is 0 Å². The van der Waals surface area contributed by atoms with Gasteiger partial charge in [-0.3, -0.25) is 4.99 Å². The minimum atomic E-state index is 0. The molecule has 0 aromatic heterocycles. The first-order valence-corrected chi connectivity index (χ1v) is 9.44. The van der Waals surface area contributed by atoms with E-state index in [1.807, 2.05) is 25.2 Å². The Bertz CT molecular complexity index is 581. The molecule has 2 rings (SSSR count). The number of guanidine groups is 1. The molecule has 0 saturated carbocycles. The molecule has 1 aliphatic heterocycles. The van der Waals surface area contributed by atoms with Crippen molar-refractivity contribution in [2.24, 2.45) is 4.99 Å². The van der Waals surface area contributed by atoms with Gasteiger partial charge in [-0.2, -0.15) is 0 Å². The molecule has 0 bridgehead atoms. The summed E-state index contributed by atoms with van der Waals surface area (Å²) in [4.78, 5) is 6.69.